The first-order valence-electron chi connectivity index (χ1n) is 4.12. The van der Waals surface area contributed by atoms with Crippen molar-refractivity contribution < 1.29 is 9.52 Å². The van der Waals surface area contributed by atoms with Crippen LogP contribution in [0.5, 0.6) is 0 Å². The number of aryl methyl sites for hydroxylation is 2. The molecule has 1 aliphatic rings. The fourth-order valence-corrected chi connectivity index (χ4v) is 1.65. The second-order valence-corrected chi connectivity index (χ2v) is 3.46. The summed E-state index contributed by atoms with van der Waals surface area (Å²) in [4.78, 5) is 0. The summed E-state index contributed by atoms with van der Waals surface area (Å²) in [6.45, 7) is 5.05. The van der Waals surface area contributed by atoms with E-state index in [2.05, 4.69) is 5.32 Å². The van der Waals surface area contributed by atoms with Crippen LogP contribution in [0, 0.1) is 13.8 Å². The third-order valence-electron chi connectivity index (χ3n) is 2.38. The van der Waals surface area contributed by atoms with Gasteiger partial charge in [-0.05, 0) is 19.9 Å². The maximum absolute atomic E-state index is 9.95. The standard InChI is InChI=1S/C9H13NO2/c1-6-3-8(7(2)12-6)9(11)4-10-5-9/h3,10-11H,4-5H2,1-2H3. The number of aliphatic hydroxyl groups is 1. The van der Waals surface area contributed by atoms with Gasteiger partial charge in [0.25, 0.3) is 0 Å². The van der Waals surface area contributed by atoms with Crippen molar-refractivity contribution in [3.05, 3.63) is 23.2 Å². The van der Waals surface area contributed by atoms with Gasteiger partial charge in [-0.2, -0.15) is 0 Å². The lowest BCUT2D eigenvalue weighted by Gasteiger charge is -2.37. The summed E-state index contributed by atoms with van der Waals surface area (Å²) < 4.78 is 5.35. The molecule has 0 radical (unpaired) electrons. The Morgan fingerprint density at radius 1 is 1.50 bits per heavy atom. The van der Waals surface area contributed by atoms with Crippen molar-refractivity contribution >= 4 is 0 Å². The SMILES string of the molecule is Cc1cc(C2(O)CNC2)c(C)o1. The minimum atomic E-state index is -0.679. The Hall–Kier alpha value is -0.800. The van der Waals surface area contributed by atoms with E-state index in [1.54, 1.807) is 0 Å². The maximum atomic E-state index is 9.95. The van der Waals surface area contributed by atoms with E-state index in [9.17, 15) is 5.11 Å². The average Bonchev–Trinajstić information content (AvgIpc) is 2.25. The van der Waals surface area contributed by atoms with Gasteiger partial charge in [0.05, 0.1) is 0 Å². The smallest absolute Gasteiger partial charge is 0.118 e. The Kier molecular flexibility index (Phi) is 1.53. The van der Waals surface area contributed by atoms with Crippen LogP contribution in [0.3, 0.4) is 0 Å². The number of hydrogen-bond acceptors (Lipinski definition) is 3. The highest BCUT2D eigenvalue weighted by Gasteiger charge is 2.38. The third kappa shape index (κ3) is 0.974. The Bertz CT molecular complexity index is 299. The molecular formula is C9H13NO2. The van der Waals surface area contributed by atoms with Crippen molar-refractivity contribution in [2.24, 2.45) is 0 Å². The van der Waals surface area contributed by atoms with Crippen molar-refractivity contribution in [1.29, 1.82) is 0 Å². The summed E-state index contributed by atoms with van der Waals surface area (Å²) in [5, 5.41) is 13.0. The second-order valence-electron chi connectivity index (χ2n) is 3.46. The summed E-state index contributed by atoms with van der Waals surface area (Å²) in [6.07, 6.45) is 0. The van der Waals surface area contributed by atoms with Gasteiger partial charge in [0.15, 0.2) is 0 Å². The van der Waals surface area contributed by atoms with Crippen LogP contribution in [0.4, 0.5) is 0 Å². The highest BCUT2D eigenvalue weighted by atomic mass is 16.3. The van der Waals surface area contributed by atoms with Gasteiger partial charge in [0, 0.05) is 18.7 Å². The topological polar surface area (TPSA) is 45.4 Å². The van der Waals surface area contributed by atoms with Gasteiger partial charge in [-0.15, -0.1) is 0 Å². The molecule has 1 aliphatic heterocycles. The zero-order chi connectivity index (χ0) is 8.77. The van der Waals surface area contributed by atoms with Crippen LogP contribution < -0.4 is 5.32 Å². The van der Waals surface area contributed by atoms with Gasteiger partial charge >= 0.3 is 0 Å². The van der Waals surface area contributed by atoms with E-state index in [-0.39, 0.29) is 0 Å². The van der Waals surface area contributed by atoms with Crippen molar-refractivity contribution in [3.8, 4) is 0 Å². The van der Waals surface area contributed by atoms with Crippen LogP contribution >= 0.6 is 0 Å². The molecule has 1 aromatic heterocycles. The van der Waals surface area contributed by atoms with Gasteiger partial charge in [-0.25, -0.2) is 0 Å². The summed E-state index contributed by atoms with van der Waals surface area (Å²) in [5.41, 5.74) is 0.251. The van der Waals surface area contributed by atoms with Crippen LogP contribution in [-0.2, 0) is 5.60 Å². The lowest BCUT2D eigenvalue weighted by atomic mass is 9.88. The number of hydrogen-bond donors (Lipinski definition) is 2. The number of rotatable bonds is 1. The van der Waals surface area contributed by atoms with Crippen molar-refractivity contribution in [2.45, 2.75) is 19.4 Å². The zero-order valence-electron chi connectivity index (χ0n) is 7.35. The molecule has 1 fully saturated rings. The zero-order valence-corrected chi connectivity index (χ0v) is 7.35. The number of furan rings is 1. The van der Waals surface area contributed by atoms with Crippen LogP contribution in [0.2, 0.25) is 0 Å². The molecule has 66 valence electrons. The Balaban J connectivity index is 2.38. The molecule has 2 rings (SSSR count). The van der Waals surface area contributed by atoms with E-state index in [1.807, 2.05) is 19.9 Å². The largest absolute Gasteiger partial charge is 0.466 e. The molecule has 0 atom stereocenters. The van der Waals surface area contributed by atoms with Crippen LogP contribution in [0.25, 0.3) is 0 Å². The first-order chi connectivity index (χ1) is 5.62. The highest BCUT2D eigenvalue weighted by molar-refractivity contribution is 5.30. The third-order valence-corrected chi connectivity index (χ3v) is 2.38. The lowest BCUT2D eigenvalue weighted by molar-refractivity contribution is -0.0158. The minimum absolute atomic E-state index is 0.632. The number of nitrogens with one attached hydrogen (secondary N) is 1. The molecule has 0 amide bonds. The normalized spacial score (nSPS) is 20.6. The molecule has 1 saturated heterocycles. The Morgan fingerprint density at radius 2 is 2.17 bits per heavy atom. The van der Waals surface area contributed by atoms with E-state index < -0.39 is 5.60 Å². The number of β-amino-alcohol motifs (C(OH)–C–C–N with tert-alkyl or cyclic N) is 1. The predicted molar refractivity (Wildman–Crippen MR) is 44.9 cm³/mol. The quantitative estimate of drug-likeness (QED) is 0.646. The molecule has 0 aromatic carbocycles. The van der Waals surface area contributed by atoms with Crippen LogP contribution in [-0.4, -0.2) is 18.2 Å². The minimum Gasteiger partial charge on any atom is -0.466 e. The summed E-state index contributed by atoms with van der Waals surface area (Å²) in [6, 6.07) is 1.91. The predicted octanol–water partition coefficient (Wildman–Crippen LogP) is 0.687. The molecule has 2 heterocycles. The molecule has 3 nitrogen and oxygen atoms in total. The maximum Gasteiger partial charge on any atom is 0.118 e. The average molecular weight is 167 g/mol. The molecule has 0 saturated carbocycles. The molecular weight excluding hydrogens is 154 g/mol. The van der Waals surface area contributed by atoms with Gasteiger partial charge in [0.1, 0.15) is 17.1 Å². The summed E-state index contributed by atoms with van der Waals surface area (Å²) in [5.74, 6) is 1.69. The van der Waals surface area contributed by atoms with Gasteiger partial charge < -0.3 is 14.8 Å². The van der Waals surface area contributed by atoms with Crippen molar-refractivity contribution in [2.75, 3.05) is 13.1 Å². The van der Waals surface area contributed by atoms with E-state index in [4.69, 9.17) is 4.42 Å². The molecule has 12 heavy (non-hydrogen) atoms. The molecule has 2 N–H and O–H groups in total. The van der Waals surface area contributed by atoms with Gasteiger partial charge in [-0.3, -0.25) is 0 Å². The monoisotopic (exact) mass is 167 g/mol. The van der Waals surface area contributed by atoms with E-state index >= 15 is 0 Å². The molecule has 0 spiro atoms. The first-order valence-corrected chi connectivity index (χ1v) is 4.12. The van der Waals surface area contributed by atoms with Crippen molar-refractivity contribution in [3.63, 3.8) is 0 Å². The molecule has 0 aliphatic carbocycles. The molecule has 3 heteroatoms. The van der Waals surface area contributed by atoms with E-state index in [0.29, 0.717) is 13.1 Å². The fourth-order valence-electron chi connectivity index (χ4n) is 1.65. The fraction of sp³-hybridized carbons (Fsp3) is 0.556. The lowest BCUT2D eigenvalue weighted by Crippen LogP contribution is -2.56. The molecule has 1 aromatic rings. The Morgan fingerprint density at radius 3 is 2.50 bits per heavy atom. The second kappa shape index (κ2) is 2.34. The van der Waals surface area contributed by atoms with Crippen LogP contribution in [0.1, 0.15) is 17.1 Å². The highest BCUT2D eigenvalue weighted by Crippen LogP contribution is 2.29. The van der Waals surface area contributed by atoms with E-state index in [0.717, 1.165) is 17.1 Å². The summed E-state index contributed by atoms with van der Waals surface area (Å²) in [7, 11) is 0. The molecule has 0 unspecified atom stereocenters. The Labute approximate surface area is 71.4 Å². The van der Waals surface area contributed by atoms with E-state index in [1.165, 1.54) is 0 Å². The van der Waals surface area contributed by atoms with Crippen molar-refractivity contribution in [1.82, 2.24) is 5.32 Å². The summed E-state index contributed by atoms with van der Waals surface area (Å²) >= 11 is 0. The van der Waals surface area contributed by atoms with Crippen LogP contribution in [0.15, 0.2) is 10.5 Å². The molecule has 0 bridgehead atoms. The van der Waals surface area contributed by atoms with Gasteiger partial charge in [0.2, 0.25) is 0 Å². The first kappa shape index (κ1) is 7.83. The van der Waals surface area contributed by atoms with Gasteiger partial charge in [-0.1, -0.05) is 0 Å².